The van der Waals surface area contributed by atoms with Crippen LogP contribution in [-0.4, -0.2) is 53.6 Å². The molecular formula is C20H21BrN2O7. The van der Waals surface area contributed by atoms with Crippen molar-refractivity contribution in [1.29, 1.82) is 0 Å². The molecule has 0 atom stereocenters. The molecular weight excluding hydrogens is 460 g/mol. The van der Waals surface area contributed by atoms with E-state index in [0.29, 0.717) is 10.0 Å². The van der Waals surface area contributed by atoms with Crippen LogP contribution in [0.3, 0.4) is 0 Å². The van der Waals surface area contributed by atoms with Crippen LogP contribution in [-0.2, 0) is 14.4 Å². The number of imide groups is 2. The van der Waals surface area contributed by atoms with Crippen LogP contribution in [0, 0.1) is 0 Å². The number of halogens is 1. The van der Waals surface area contributed by atoms with Crippen LogP contribution in [0.15, 0.2) is 22.2 Å². The van der Waals surface area contributed by atoms with Gasteiger partial charge in [0.05, 0.1) is 11.6 Å². The standard InChI is InChI=1S/C20H21BrN2O7/c1-29-15-9-11(8-14(21)17(15)30-10-16(24)25)7-13-18(26)22-20(28)23(19(13)27)12-5-3-2-4-6-12/h7-9,12H,2-6,10H2,1H3,(H,24,25)(H,22,26,28). The van der Waals surface area contributed by atoms with E-state index in [1.54, 1.807) is 6.07 Å². The predicted octanol–water partition coefficient (Wildman–Crippen LogP) is 2.72. The number of methoxy groups -OCH3 is 1. The summed E-state index contributed by atoms with van der Waals surface area (Å²) < 4.78 is 10.9. The molecule has 30 heavy (non-hydrogen) atoms. The van der Waals surface area contributed by atoms with Gasteiger partial charge in [-0.1, -0.05) is 19.3 Å². The zero-order chi connectivity index (χ0) is 21.8. The largest absolute Gasteiger partial charge is 0.493 e. The topological polar surface area (TPSA) is 122 Å². The molecule has 160 valence electrons. The summed E-state index contributed by atoms with van der Waals surface area (Å²) in [7, 11) is 1.38. The molecule has 1 aliphatic carbocycles. The summed E-state index contributed by atoms with van der Waals surface area (Å²) in [5, 5.41) is 11.0. The van der Waals surface area contributed by atoms with E-state index in [-0.39, 0.29) is 23.1 Å². The number of carboxylic acids is 1. The molecule has 0 aromatic heterocycles. The van der Waals surface area contributed by atoms with Gasteiger partial charge < -0.3 is 14.6 Å². The number of carboxylic acid groups (broad SMARTS) is 1. The molecule has 1 aromatic carbocycles. The maximum Gasteiger partial charge on any atom is 0.341 e. The number of hydrogen-bond acceptors (Lipinski definition) is 6. The summed E-state index contributed by atoms with van der Waals surface area (Å²) in [5.41, 5.74) is 0.283. The van der Waals surface area contributed by atoms with Crippen molar-refractivity contribution in [2.45, 2.75) is 38.1 Å². The van der Waals surface area contributed by atoms with Crippen molar-refractivity contribution in [3.8, 4) is 11.5 Å². The molecule has 2 N–H and O–H groups in total. The van der Waals surface area contributed by atoms with Crippen molar-refractivity contribution >= 4 is 45.8 Å². The van der Waals surface area contributed by atoms with E-state index < -0.39 is 30.4 Å². The highest BCUT2D eigenvalue weighted by Crippen LogP contribution is 2.37. The number of rotatable bonds is 6. The number of carbonyl (C=O) groups excluding carboxylic acids is 3. The van der Waals surface area contributed by atoms with Gasteiger partial charge in [0.1, 0.15) is 5.57 Å². The van der Waals surface area contributed by atoms with E-state index in [4.69, 9.17) is 14.6 Å². The maximum atomic E-state index is 13.0. The molecule has 1 aliphatic heterocycles. The van der Waals surface area contributed by atoms with Gasteiger partial charge in [-0.3, -0.25) is 19.8 Å². The molecule has 2 fully saturated rings. The van der Waals surface area contributed by atoms with Gasteiger partial charge in [-0.05, 0) is 52.5 Å². The van der Waals surface area contributed by atoms with E-state index in [0.717, 1.165) is 37.0 Å². The fourth-order valence-corrected chi connectivity index (χ4v) is 4.18. The molecule has 0 bridgehead atoms. The number of nitrogens with zero attached hydrogens (tertiary/aromatic N) is 1. The number of ether oxygens (including phenoxy) is 2. The Kier molecular flexibility index (Phi) is 6.76. The average Bonchev–Trinajstić information content (AvgIpc) is 2.70. The van der Waals surface area contributed by atoms with Crippen LogP contribution < -0.4 is 14.8 Å². The van der Waals surface area contributed by atoms with Crippen LogP contribution in [0.2, 0.25) is 0 Å². The summed E-state index contributed by atoms with van der Waals surface area (Å²) in [6, 6.07) is 2.16. The number of aliphatic carboxylic acids is 1. The van der Waals surface area contributed by atoms with E-state index >= 15 is 0 Å². The second-order valence-electron chi connectivity index (χ2n) is 7.00. The van der Waals surface area contributed by atoms with Crippen LogP contribution in [0.25, 0.3) is 6.08 Å². The summed E-state index contributed by atoms with van der Waals surface area (Å²) in [6.07, 6.45) is 5.72. The molecule has 0 unspecified atom stereocenters. The minimum Gasteiger partial charge on any atom is -0.493 e. The SMILES string of the molecule is COc1cc(C=C2C(=O)NC(=O)N(C3CCCCC3)C2=O)cc(Br)c1OCC(=O)O. The molecule has 3 rings (SSSR count). The third kappa shape index (κ3) is 4.64. The number of hydrogen-bond donors (Lipinski definition) is 2. The molecule has 9 nitrogen and oxygen atoms in total. The van der Waals surface area contributed by atoms with E-state index in [9.17, 15) is 19.2 Å². The highest BCUT2D eigenvalue weighted by atomic mass is 79.9. The predicted molar refractivity (Wildman–Crippen MR) is 109 cm³/mol. The van der Waals surface area contributed by atoms with Crippen molar-refractivity contribution in [1.82, 2.24) is 10.2 Å². The first-order valence-electron chi connectivity index (χ1n) is 9.44. The van der Waals surface area contributed by atoms with E-state index in [2.05, 4.69) is 21.2 Å². The van der Waals surface area contributed by atoms with Gasteiger partial charge in [-0.25, -0.2) is 9.59 Å². The Bertz CT molecular complexity index is 922. The molecule has 1 aromatic rings. The van der Waals surface area contributed by atoms with E-state index in [1.165, 1.54) is 19.3 Å². The Morgan fingerprint density at radius 3 is 2.60 bits per heavy atom. The van der Waals surface area contributed by atoms with Crippen LogP contribution >= 0.6 is 15.9 Å². The highest BCUT2D eigenvalue weighted by Gasteiger charge is 2.40. The lowest BCUT2D eigenvalue weighted by Gasteiger charge is -2.35. The Morgan fingerprint density at radius 1 is 1.27 bits per heavy atom. The fraction of sp³-hybridized carbons (Fsp3) is 0.400. The molecule has 1 saturated heterocycles. The molecule has 1 saturated carbocycles. The third-order valence-corrected chi connectivity index (χ3v) is 5.56. The van der Waals surface area contributed by atoms with Gasteiger partial charge in [0, 0.05) is 6.04 Å². The molecule has 4 amide bonds. The highest BCUT2D eigenvalue weighted by molar-refractivity contribution is 9.10. The van der Waals surface area contributed by atoms with Gasteiger partial charge >= 0.3 is 12.0 Å². The normalized spacial score (nSPS) is 19.1. The van der Waals surface area contributed by atoms with Crippen molar-refractivity contribution in [2.24, 2.45) is 0 Å². The fourth-order valence-electron chi connectivity index (χ4n) is 3.61. The maximum absolute atomic E-state index is 13.0. The summed E-state index contributed by atoms with van der Waals surface area (Å²) in [6.45, 7) is -0.561. The quantitative estimate of drug-likeness (QED) is 0.473. The molecule has 1 heterocycles. The van der Waals surface area contributed by atoms with Gasteiger partial charge in [-0.2, -0.15) is 0 Å². The molecule has 0 radical (unpaired) electrons. The van der Waals surface area contributed by atoms with Gasteiger partial charge in [0.15, 0.2) is 18.1 Å². The van der Waals surface area contributed by atoms with Crippen molar-refractivity contribution < 1.29 is 33.8 Å². The summed E-state index contributed by atoms with van der Waals surface area (Å²) in [4.78, 5) is 49.5. The lowest BCUT2D eigenvalue weighted by molar-refractivity contribution is -0.139. The molecule has 0 spiro atoms. The van der Waals surface area contributed by atoms with Crippen molar-refractivity contribution in [3.63, 3.8) is 0 Å². The lowest BCUT2D eigenvalue weighted by Crippen LogP contribution is -2.58. The number of carbonyl (C=O) groups is 4. The number of nitrogens with one attached hydrogen (secondary N) is 1. The van der Waals surface area contributed by atoms with Crippen LogP contribution in [0.4, 0.5) is 4.79 Å². The minimum atomic E-state index is -1.15. The van der Waals surface area contributed by atoms with Gasteiger partial charge in [-0.15, -0.1) is 0 Å². The molecule has 2 aliphatic rings. The second-order valence-corrected chi connectivity index (χ2v) is 7.86. The second kappa shape index (κ2) is 9.29. The Morgan fingerprint density at radius 2 is 1.97 bits per heavy atom. The smallest absolute Gasteiger partial charge is 0.341 e. The Balaban J connectivity index is 1.93. The Labute approximate surface area is 181 Å². The van der Waals surface area contributed by atoms with Crippen molar-refractivity contribution in [3.05, 3.63) is 27.7 Å². The van der Waals surface area contributed by atoms with Crippen LogP contribution in [0.5, 0.6) is 11.5 Å². The van der Waals surface area contributed by atoms with Crippen molar-refractivity contribution in [2.75, 3.05) is 13.7 Å². The first-order chi connectivity index (χ1) is 14.3. The number of benzene rings is 1. The lowest BCUT2D eigenvalue weighted by atomic mass is 9.93. The Hall–Kier alpha value is -2.88. The van der Waals surface area contributed by atoms with Gasteiger partial charge in [0.25, 0.3) is 11.8 Å². The first kappa shape index (κ1) is 21.8. The number of barbiturate groups is 1. The van der Waals surface area contributed by atoms with E-state index in [1.807, 2.05) is 0 Å². The first-order valence-corrected chi connectivity index (χ1v) is 10.2. The van der Waals surface area contributed by atoms with Gasteiger partial charge in [0.2, 0.25) is 0 Å². The summed E-state index contributed by atoms with van der Waals surface area (Å²) in [5.74, 6) is -2.13. The zero-order valence-electron chi connectivity index (χ0n) is 16.3. The number of urea groups is 1. The monoisotopic (exact) mass is 480 g/mol. The minimum absolute atomic E-state index is 0.159. The third-order valence-electron chi connectivity index (χ3n) is 4.98. The summed E-state index contributed by atoms with van der Waals surface area (Å²) >= 11 is 3.29. The zero-order valence-corrected chi connectivity index (χ0v) is 17.9. The average molecular weight is 481 g/mol. The molecule has 10 heteroatoms. The van der Waals surface area contributed by atoms with Crippen LogP contribution in [0.1, 0.15) is 37.7 Å². The number of amides is 4.